The van der Waals surface area contributed by atoms with E-state index in [0.29, 0.717) is 21.7 Å². The number of benzene rings is 1. The molecule has 0 amide bonds. The Morgan fingerprint density at radius 2 is 2.13 bits per heavy atom. The molecule has 0 N–H and O–H groups in total. The molecule has 0 fully saturated rings. The minimum Gasteiger partial charge on any atom is -0.437 e. The van der Waals surface area contributed by atoms with Crippen LogP contribution < -0.4 is 4.74 Å². The summed E-state index contributed by atoms with van der Waals surface area (Å²) in [5.41, 5.74) is 0. The molecule has 2 aromatic rings. The van der Waals surface area contributed by atoms with Crippen LogP contribution in [0, 0.1) is 6.20 Å². The number of nitrogens with zero attached hydrogens (tertiary/aromatic N) is 2. The highest BCUT2D eigenvalue weighted by molar-refractivity contribution is 6.42. The Kier molecular flexibility index (Phi) is 2.84. The van der Waals surface area contributed by atoms with Crippen molar-refractivity contribution >= 4 is 23.2 Å². The van der Waals surface area contributed by atoms with Gasteiger partial charge in [-0.2, -0.15) is 0 Å². The number of ether oxygens (including phenoxy) is 1. The molecule has 2 rings (SSSR count). The molecule has 3 nitrogen and oxygen atoms in total. The predicted molar refractivity (Wildman–Crippen MR) is 58.6 cm³/mol. The van der Waals surface area contributed by atoms with Crippen LogP contribution in [0.25, 0.3) is 0 Å². The molecule has 0 aliphatic rings. The van der Waals surface area contributed by atoms with Crippen molar-refractivity contribution in [2.45, 2.75) is 0 Å². The first-order valence-electron chi connectivity index (χ1n) is 4.20. The van der Waals surface area contributed by atoms with E-state index >= 15 is 0 Å². The standard InChI is InChI=1S/C10H7Cl2N2O/c1-14-5-4-10(13-14)15-7-2-3-8(11)9(12)6-7/h2-4,6H,1H3. The topological polar surface area (TPSA) is 27.1 Å². The highest BCUT2D eigenvalue weighted by Gasteiger charge is 2.03. The molecule has 0 unspecified atom stereocenters. The molecule has 0 atom stereocenters. The number of rotatable bonds is 2. The third kappa shape index (κ3) is 2.43. The van der Waals surface area contributed by atoms with E-state index in [9.17, 15) is 0 Å². The van der Waals surface area contributed by atoms with E-state index in [1.807, 2.05) is 0 Å². The Morgan fingerprint density at radius 1 is 1.33 bits per heavy atom. The lowest BCUT2D eigenvalue weighted by atomic mass is 10.3. The fraction of sp³-hybridized carbons (Fsp3) is 0.100. The summed E-state index contributed by atoms with van der Waals surface area (Å²) >= 11 is 11.6. The first-order valence-corrected chi connectivity index (χ1v) is 4.95. The molecular weight excluding hydrogens is 235 g/mol. The van der Waals surface area contributed by atoms with Crippen LogP contribution in [0.2, 0.25) is 10.0 Å². The van der Waals surface area contributed by atoms with Crippen molar-refractivity contribution < 1.29 is 4.74 Å². The monoisotopic (exact) mass is 241 g/mol. The van der Waals surface area contributed by atoms with Crippen molar-refractivity contribution in [2.75, 3.05) is 0 Å². The maximum atomic E-state index is 5.84. The first kappa shape index (κ1) is 10.3. The van der Waals surface area contributed by atoms with Crippen LogP contribution in [0.3, 0.4) is 0 Å². The van der Waals surface area contributed by atoms with Crippen molar-refractivity contribution in [3.8, 4) is 11.6 Å². The van der Waals surface area contributed by atoms with E-state index in [0.717, 1.165) is 0 Å². The summed E-state index contributed by atoms with van der Waals surface area (Å²) in [4.78, 5) is 0. The zero-order chi connectivity index (χ0) is 10.8. The minimum atomic E-state index is 0.453. The third-order valence-electron chi connectivity index (χ3n) is 1.74. The summed E-state index contributed by atoms with van der Waals surface area (Å²) in [5, 5.41) is 4.97. The Balaban J connectivity index is 2.21. The quantitative estimate of drug-likeness (QED) is 0.807. The maximum absolute atomic E-state index is 5.84. The summed E-state index contributed by atoms with van der Waals surface area (Å²) < 4.78 is 6.96. The van der Waals surface area contributed by atoms with Crippen LogP contribution in [-0.4, -0.2) is 9.78 Å². The Bertz CT molecular complexity index is 482. The fourth-order valence-corrected chi connectivity index (χ4v) is 1.35. The lowest BCUT2D eigenvalue weighted by molar-refractivity contribution is 0.454. The molecule has 0 aliphatic heterocycles. The molecule has 0 aliphatic carbocycles. The molecule has 1 radical (unpaired) electrons. The SMILES string of the molecule is Cn1[c]cc(Oc2ccc(Cl)c(Cl)c2)n1. The van der Waals surface area contributed by atoms with Crippen molar-refractivity contribution in [2.24, 2.45) is 7.05 Å². The van der Waals surface area contributed by atoms with Gasteiger partial charge in [0.1, 0.15) is 5.75 Å². The van der Waals surface area contributed by atoms with Gasteiger partial charge in [-0.25, -0.2) is 0 Å². The molecule has 1 aromatic heterocycles. The highest BCUT2D eigenvalue weighted by Crippen LogP contribution is 2.28. The van der Waals surface area contributed by atoms with Crippen LogP contribution in [0.15, 0.2) is 24.3 Å². The van der Waals surface area contributed by atoms with Crippen molar-refractivity contribution in [3.63, 3.8) is 0 Å². The minimum absolute atomic E-state index is 0.453. The van der Waals surface area contributed by atoms with E-state index in [2.05, 4.69) is 11.3 Å². The normalized spacial score (nSPS) is 10.3. The van der Waals surface area contributed by atoms with E-state index in [4.69, 9.17) is 27.9 Å². The van der Waals surface area contributed by atoms with Gasteiger partial charge in [0.05, 0.1) is 16.2 Å². The molecule has 0 bridgehead atoms. The van der Waals surface area contributed by atoms with Crippen molar-refractivity contribution in [3.05, 3.63) is 40.5 Å². The van der Waals surface area contributed by atoms with Gasteiger partial charge in [-0.15, -0.1) is 5.10 Å². The second-order valence-electron chi connectivity index (χ2n) is 2.91. The summed E-state index contributed by atoms with van der Waals surface area (Å²) in [6.07, 6.45) is 2.84. The van der Waals surface area contributed by atoms with Crippen LogP contribution in [0.1, 0.15) is 0 Å². The van der Waals surface area contributed by atoms with Gasteiger partial charge in [-0.1, -0.05) is 23.2 Å². The summed E-state index contributed by atoms with van der Waals surface area (Å²) in [6.45, 7) is 0. The molecule has 0 saturated carbocycles. The molecule has 15 heavy (non-hydrogen) atoms. The van der Waals surface area contributed by atoms with E-state index in [1.54, 1.807) is 31.3 Å². The van der Waals surface area contributed by atoms with Crippen molar-refractivity contribution in [1.82, 2.24) is 9.78 Å². The van der Waals surface area contributed by atoms with Crippen molar-refractivity contribution in [1.29, 1.82) is 0 Å². The molecule has 0 spiro atoms. The van der Waals surface area contributed by atoms with Gasteiger partial charge < -0.3 is 4.74 Å². The Morgan fingerprint density at radius 3 is 2.73 bits per heavy atom. The van der Waals surface area contributed by atoms with Crippen LogP contribution >= 0.6 is 23.2 Å². The summed E-state index contributed by atoms with van der Waals surface area (Å²) in [6, 6.07) is 6.68. The van der Waals surface area contributed by atoms with Gasteiger partial charge in [-0.05, 0) is 12.1 Å². The smallest absolute Gasteiger partial charge is 0.238 e. The van der Waals surface area contributed by atoms with Gasteiger partial charge >= 0.3 is 0 Å². The van der Waals surface area contributed by atoms with Crippen LogP contribution in [0.5, 0.6) is 11.6 Å². The molecule has 1 heterocycles. The second kappa shape index (κ2) is 4.13. The largest absolute Gasteiger partial charge is 0.437 e. The van der Waals surface area contributed by atoms with Crippen LogP contribution in [0.4, 0.5) is 0 Å². The summed E-state index contributed by atoms with van der Waals surface area (Å²) in [5.74, 6) is 1.06. The van der Waals surface area contributed by atoms with E-state index in [1.165, 1.54) is 4.68 Å². The second-order valence-corrected chi connectivity index (χ2v) is 3.73. The number of halogens is 2. The number of aryl methyl sites for hydroxylation is 1. The predicted octanol–water partition coefficient (Wildman–Crippen LogP) is 3.32. The third-order valence-corrected chi connectivity index (χ3v) is 2.48. The fourth-order valence-electron chi connectivity index (χ4n) is 1.07. The average Bonchev–Trinajstić information content (AvgIpc) is 2.58. The average molecular weight is 242 g/mol. The molecule has 5 heteroatoms. The molecular formula is C10H7Cl2N2O. The number of hydrogen-bond acceptors (Lipinski definition) is 2. The first-order chi connectivity index (χ1) is 7.15. The molecule has 1 aromatic carbocycles. The Hall–Kier alpha value is -1.19. The molecule has 0 saturated heterocycles. The number of hydrogen-bond donors (Lipinski definition) is 0. The Labute approximate surface area is 97.2 Å². The van der Waals surface area contributed by atoms with Gasteiger partial charge in [-0.3, -0.25) is 4.68 Å². The summed E-state index contributed by atoms with van der Waals surface area (Å²) in [7, 11) is 1.77. The van der Waals surface area contributed by atoms with Gasteiger partial charge in [0.15, 0.2) is 0 Å². The molecule has 77 valence electrons. The van der Waals surface area contributed by atoms with Gasteiger partial charge in [0, 0.05) is 19.2 Å². The van der Waals surface area contributed by atoms with Gasteiger partial charge in [0.25, 0.3) is 0 Å². The zero-order valence-electron chi connectivity index (χ0n) is 7.87. The zero-order valence-corrected chi connectivity index (χ0v) is 9.38. The van der Waals surface area contributed by atoms with Crippen LogP contribution in [-0.2, 0) is 7.05 Å². The van der Waals surface area contributed by atoms with E-state index < -0.39 is 0 Å². The number of aromatic nitrogens is 2. The van der Waals surface area contributed by atoms with Gasteiger partial charge in [0.2, 0.25) is 5.88 Å². The highest BCUT2D eigenvalue weighted by atomic mass is 35.5. The van der Waals surface area contributed by atoms with E-state index in [-0.39, 0.29) is 0 Å². The lowest BCUT2D eigenvalue weighted by Gasteiger charge is -2.02. The lowest BCUT2D eigenvalue weighted by Crippen LogP contribution is -1.89. The maximum Gasteiger partial charge on any atom is 0.238 e.